The molecule has 1 nitrogen and oxygen atoms in total. The smallest absolute Gasteiger partial charge is 0.104 e. The van der Waals surface area contributed by atoms with Crippen LogP contribution in [0.3, 0.4) is 0 Å². The van der Waals surface area contributed by atoms with Crippen LogP contribution in [0.1, 0.15) is 48.0 Å². The van der Waals surface area contributed by atoms with Gasteiger partial charge in [-0.25, -0.2) is 0 Å². The van der Waals surface area contributed by atoms with E-state index < -0.39 is 6.10 Å². The van der Waals surface area contributed by atoms with Gasteiger partial charge in [0, 0.05) is 4.47 Å². The zero-order valence-corrected chi connectivity index (χ0v) is 13.4. The van der Waals surface area contributed by atoms with Gasteiger partial charge in [-0.05, 0) is 63.5 Å². The first-order valence-corrected chi connectivity index (χ1v) is 8.05. The molecule has 0 saturated heterocycles. The normalized spacial score (nSPS) is 16.8. The lowest BCUT2D eigenvalue weighted by atomic mass is 9.79. The monoisotopic (exact) mass is 350 g/mol. The van der Waals surface area contributed by atoms with Crippen molar-refractivity contribution in [3.05, 3.63) is 68.7 Å². The van der Waals surface area contributed by atoms with Gasteiger partial charge < -0.3 is 5.11 Å². The lowest BCUT2D eigenvalue weighted by molar-refractivity contribution is 0.220. The summed E-state index contributed by atoms with van der Waals surface area (Å²) in [5.41, 5.74) is 3.15. The molecule has 0 radical (unpaired) electrons. The summed E-state index contributed by atoms with van der Waals surface area (Å²) in [5, 5.41) is 11.2. The highest BCUT2D eigenvalue weighted by Gasteiger charge is 2.20. The quantitative estimate of drug-likeness (QED) is 0.779. The van der Waals surface area contributed by atoms with Gasteiger partial charge in [-0.3, -0.25) is 0 Å². The van der Waals surface area contributed by atoms with E-state index >= 15 is 0 Å². The van der Waals surface area contributed by atoms with E-state index in [4.69, 9.17) is 11.6 Å². The minimum absolute atomic E-state index is 0.608. The standard InChI is InChI=1S/C17H16BrClO/c18-15-10-14(7-8-16(15)19)17(20)13-6-2-5-12(9-13)11-3-1-4-11/h2,5-11,17,20H,1,3-4H2. The van der Waals surface area contributed by atoms with Crippen LogP contribution in [0.25, 0.3) is 0 Å². The van der Waals surface area contributed by atoms with Crippen LogP contribution in [0.4, 0.5) is 0 Å². The fourth-order valence-electron chi connectivity index (χ4n) is 2.60. The Balaban J connectivity index is 1.89. The van der Waals surface area contributed by atoms with Gasteiger partial charge >= 0.3 is 0 Å². The average Bonchev–Trinajstić information content (AvgIpc) is 2.39. The molecule has 1 saturated carbocycles. The predicted molar refractivity (Wildman–Crippen MR) is 86.2 cm³/mol. The number of rotatable bonds is 3. The van der Waals surface area contributed by atoms with Crippen molar-refractivity contribution in [2.24, 2.45) is 0 Å². The fourth-order valence-corrected chi connectivity index (χ4v) is 3.11. The number of halogens is 2. The molecule has 0 bridgehead atoms. The first kappa shape index (κ1) is 14.1. The van der Waals surface area contributed by atoms with Crippen LogP contribution in [0.2, 0.25) is 5.02 Å². The molecule has 0 spiro atoms. The third-order valence-corrected chi connectivity index (χ3v) is 5.28. The number of hydrogen-bond acceptors (Lipinski definition) is 1. The molecule has 2 aromatic carbocycles. The Kier molecular flexibility index (Phi) is 4.16. The third kappa shape index (κ3) is 2.78. The summed E-state index contributed by atoms with van der Waals surface area (Å²) in [6.45, 7) is 0. The first-order valence-electron chi connectivity index (χ1n) is 6.88. The van der Waals surface area contributed by atoms with E-state index in [0.29, 0.717) is 10.9 Å². The van der Waals surface area contributed by atoms with Gasteiger partial charge in [0.2, 0.25) is 0 Å². The molecular weight excluding hydrogens is 336 g/mol. The minimum Gasteiger partial charge on any atom is -0.384 e. The second-order valence-corrected chi connectivity index (χ2v) is 6.64. The Bertz CT molecular complexity index is 622. The Labute approximate surface area is 132 Å². The van der Waals surface area contributed by atoms with Crippen LogP contribution in [0, 0.1) is 0 Å². The van der Waals surface area contributed by atoms with E-state index in [1.807, 2.05) is 24.3 Å². The van der Waals surface area contributed by atoms with Crippen LogP contribution in [-0.4, -0.2) is 5.11 Å². The van der Waals surface area contributed by atoms with Crippen LogP contribution in [0.15, 0.2) is 46.9 Å². The number of benzene rings is 2. The zero-order chi connectivity index (χ0) is 14.1. The molecule has 20 heavy (non-hydrogen) atoms. The topological polar surface area (TPSA) is 20.2 Å². The highest BCUT2D eigenvalue weighted by molar-refractivity contribution is 9.10. The van der Waals surface area contributed by atoms with Crippen molar-refractivity contribution in [2.45, 2.75) is 31.3 Å². The van der Waals surface area contributed by atoms with Crippen molar-refractivity contribution in [3.63, 3.8) is 0 Å². The molecule has 1 aliphatic rings. The van der Waals surface area contributed by atoms with Crippen LogP contribution in [0.5, 0.6) is 0 Å². The first-order chi connectivity index (χ1) is 9.65. The van der Waals surface area contributed by atoms with E-state index in [0.717, 1.165) is 15.6 Å². The summed E-state index contributed by atoms with van der Waals surface area (Å²) in [7, 11) is 0. The molecule has 1 fully saturated rings. The van der Waals surface area contributed by atoms with Gasteiger partial charge in [0.1, 0.15) is 6.10 Å². The molecule has 0 heterocycles. The molecule has 104 valence electrons. The number of aliphatic hydroxyl groups excluding tert-OH is 1. The zero-order valence-electron chi connectivity index (χ0n) is 11.0. The molecule has 3 heteroatoms. The maximum Gasteiger partial charge on any atom is 0.104 e. The van der Waals surface area contributed by atoms with Crippen molar-refractivity contribution in [1.82, 2.24) is 0 Å². The fraction of sp³-hybridized carbons (Fsp3) is 0.294. The van der Waals surface area contributed by atoms with Gasteiger partial charge in [0.15, 0.2) is 0 Å². The van der Waals surface area contributed by atoms with Crippen LogP contribution >= 0.6 is 27.5 Å². The van der Waals surface area contributed by atoms with E-state index in [1.54, 1.807) is 6.07 Å². The van der Waals surface area contributed by atoms with Crippen LogP contribution < -0.4 is 0 Å². The van der Waals surface area contributed by atoms with E-state index in [9.17, 15) is 5.11 Å². The molecule has 3 rings (SSSR count). The number of hydrogen-bond donors (Lipinski definition) is 1. The van der Waals surface area contributed by atoms with E-state index in [-0.39, 0.29) is 0 Å². The summed E-state index contributed by atoms with van der Waals surface area (Å²) in [6, 6.07) is 13.9. The second kappa shape index (κ2) is 5.88. The molecular formula is C17H16BrClO. The Hall–Kier alpha value is -0.830. The van der Waals surface area contributed by atoms with Crippen molar-refractivity contribution in [1.29, 1.82) is 0 Å². The summed E-state index contributed by atoms with van der Waals surface area (Å²) >= 11 is 9.40. The SMILES string of the molecule is OC(c1cccc(C2CCC2)c1)c1ccc(Cl)c(Br)c1. The van der Waals surface area contributed by atoms with Crippen LogP contribution in [-0.2, 0) is 0 Å². The maximum absolute atomic E-state index is 10.5. The summed E-state index contributed by atoms with van der Waals surface area (Å²) in [6.07, 6.45) is 3.25. The molecule has 1 unspecified atom stereocenters. The lowest BCUT2D eigenvalue weighted by Crippen LogP contribution is -2.09. The lowest BCUT2D eigenvalue weighted by Gasteiger charge is -2.26. The van der Waals surface area contributed by atoms with Crippen molar-refractivity contribution < 1.29 is 5.11 Å². The molecule has 0 amide bonds. The Morgan fingerprint density at radius 1 is 1.10 bits per heavy atom. The molecule has 1 atom stereocenters. The highest BCUT2D eigenvalue weighted by atomic mass is 79.9. The van der Waals surface area contributed by atoms with Crippen molar-refractivity contribution >= 4 is 27.5 Å². The predicted octanol–water partition coefficient (Wildman–Crippen LogP) is 5.45. The van der Waals surface area contributed by atoms with E-state index in [1.165, 1.54) is 24.8 Å². The van der Waals surface area contributed by atoms with Gasteiger partial charge in [0.25, 0.3) is 0 Å². The third-order valence-electron chi connectivity index (χ3n) is 4.06. The molecule has 1 aliphatic carbocycles. The van der Waals surface area contributed by atoms with Gasteiger partial charge in [-0.15, -0.1) is 0 Å². The summed E-state index contributed by atoms with van der Waals surface area (Å²) in [5.74, 6) is 0.680. The largest absolute Gasteiger partial charge is 0.384 e. The van der Waals surface area contributed by atoms with Crippen molar-refractivity contribution in [3.8, 4) is 0 Å². The highest BCUT2D eigenvalue weighted by Crippen LogP contribution is 2.37. The second-order valence-electron chi connectivity index (χ2n) is 5.37. The van der Waals surface area contributed by atoms with Gasteiger partial charge in [0.05, 0.1) is 5.02 Å². The molecule has 1 N–H and O–H groups in total. The van der Waals surface area contributed by atoms with Gasteiger partial charge in [-0.2, -0.15) is 0 Å². The molecule has 0 aromatic heterocycles. The summed E-state index contributed by atoms with van der Waals surface area (Å²) in [4.78, 5) is 0. The summed E-state index contributed by atoms with van der Waals surface area (Å²) < 4.78 is 0.811. The number of aliphatic hydroxyl groups is 1. The minimum atomic E-state index is -0.608. The maximum atomic E-state index is 10.5. The van der Waals surface area contributed by atoms with Crippen molar-refractivity contribution in [2.75, 3.05) is 0 Å². The van der Waals surface area contributed by atoms with Gasteiger partial charge in [-0.1, -0.05) is 48.4 Å². The average molecular weight is 352 g/mol. The molecule has 2 aromatic rings. The molecule has 0 aliphatic heterocycles. The Morgan fingerprint density at radius 2 is 1.85 bits per heavy atom. The Morgan fingerprint density at radius 3 is 2.50 bits per heavy atom. The van der Waals surface area contributed by atoms with E-state index in [2.05, 4.69) is 28.1 Å².